The highest BCUT2D eigenvalue weighted by atomic mass is 32.2. The van der Waals surface area contributed by atoms with Gasteiger partial charge in [-0.3, -0.25) is 9.10 Å². The van der Waals surface area contributed by atoms with Crippen LogP contribution in [0.4, 0.5) is 5.69 Å². The molecule has 0 aromatic heterocycles. The van der Waals surface area contributed by atoms with Gasteiger partial charge in [0, 0.05) is 12.1 Å². The molecule has 0 aliphatic carbocycles. The molecule has 1 aliphatic heterocycles. The maximum atomic E-state index is 12.7. The Morgan fingerprint density at radius 3 is 2.36 bits per heavy atom. The second-order valence-corrected chi connectivity index (χ2v) is 8.86. The molecule has 2 aromatic carbocycles. The minimum absolute atomic E-state index is 0.111. The van der Waals surface area contributed by atoms with Crippen molar-refractivity contribution >= 4 is 21.6 Å². The minimum atomic E-state index is -3.25. The van der Waals surface area contributed by atoms with Crippen LogP contribution in [0, 0.1) is 0 Å². The van der Waals surface area contributed by atoms with E-state index in [0.29, 0.717) is 24.2 Å². The summed E-state index contributed by atoms with van der Waals surface area (Å²) in [5.74, 6) is 0.763. The van der Waals surface area contributed by atoms with Gasteiger partial charge in [-0.1, -0.05) is 19.1 Å². The van der Waals surface area contributed by atoms with E-state index in [4.69, 9.17) is 4.74 Å². The molecule has 1 N–H and O–H groups in total. The van der Waals surface area contributed by atoms with E-state index < -0.39 is 10.0 Å². The van der Waals surface area contributed by atoms with Crippen LogP contribution in [0.15, 0.2) is 48.5 Å². The van der Waals surface area contributed by atoms with Crippen LogP contribution in [-0.2, 0) is 10.0 Å². The third-order valence-electron chi connectivity index (χ3n) is 5.00. The van der Waals surface area contributed by atoms with Crippen molar-refractivity contribution in [3.63, 3.8) is 0 Å². The van der Waals surface area contributed by atoms with Crippen molar-refractivity contribution in [1.82, 2.24) is 5.32 Å². The maximum Gasteiger partial charge on any atom is 0.251 e. The summed E-state index contributed by atoms with van der Waals surface area (Å²) in [7, 11) is -1.63. The van der Waals surface area contributed by atoms with E-state index in [1.54, 1.807) is 31.4 Å². The smallest absolute Gasteiger partial charge is 0.251 e. The number of hydrogen-bond acceptors (Lipinski definition) is 4. The summed E-state index contributed by atoms with van der Waals surface area (Å²) in [5.41, 5.74) is 2.12. The summed E-state index contributed by atoms with van der Waals surface area (Å²) in [6.45, 7) is 2.50. The van der Waals surface area contributed by atoms with E-state index in [1.165, 1.54) is 4.31 Å². The average molecular weight is 403 g/mol. The first-order valence-corrected chi connectivity index (χ1v) is 11.1. The van der Waals surface area contributed by atoms with Crippen LogP contribution in [-0.4, -0.2) is 33.7 Å². The number of nitrogens with zero attached hydrogens (tertiary/aromatic N) is 1. The van der Waals surface area contributed by atoms with Gasteiger partial charge in [-0.15, -0.1) is 0 Å². The molecule has 1 heterocycles. The Morgan fingerprint density at radius 1 is 1.11 bits per heavy atom. The monoisotopic (exact) mass is 402 g/mol. The normalized spacial score (nSPS) is 17.0. The standard InChI is InChI=1S/C21H26N2O4S/c1-3-20(16-8-12-19(27-2)13-9-16)22-21(24)17-6-10-18(11-7-17)23-14-4-5-15-28(23,25)26/h6-13,20H,3-5,14-15H2,1-2H3,(H,22,24)/t20-/m0/s1. The lowest BCUT2D eigenvalue weighted by Crippen LogP contribution is -2.37. The van der Waals surface area contributed by atoms with Crippen LogP contribution in [0.5, 0.6) is 5.75 Å². The summed E-state index contributed by atoms with van der Waals surface area (Å²) >= 11 is 0. The topological polar surface area (TPSA) is 75.7 Å². The van der Waals surface area contributed by atoms with Gasteiger partial charge < -0.3 is 10.1 Å². The van der Waals surface area contributed by atoms with E-state index in [9.17, 15) is 13.2 Å². The first-order chi connectivity index (χ1) is 13.4. The molecule has 0 spiro atoms. The van der Waals surface area contributed by atoms with Crippen molar-refractivity contribution in [2.45, 2.75) is 32.2 Å². The first kappa shape index (κ1) is 20.2. The summed E-state index contributed by atoms with van der Waals surface area (Å²) in [6.07, 6.45) is 2.30. The number of amides is 1. The molecule has 6 nitrogen and oxygen atoms in total. The molecular weight excluding hydrogens is 376 g/mol. The molecule has 1 atom stereocenters. The van der Waals surface area contributed by atoms with Gasteiger partial charge in [-0.05, 0) is 61.2 Å². The van der Waals surface area contributed by atoms with Crippen LogP contribution >= 0.6 is 0 Å². The zero-order valence-electron chi connectivity index (χ0n) is 16.2. The van der Waals surface area contributed by atoms with Gasteiger partial charge in [0.05, 0.1) is 24.6 Å². The number of benzene rings is 2. The number of sulfonamides is 1. The zero-order valence-corrected chi connectivity index (χ0v) is 17.0. The molecule has 150 valence electrons. The van der Waals surface area contributed by atoms with Crippen LogP contribution in [0.1, 0.15) is 48.1 Å². The van der Waals surface area contributed by atoms with Crippen molar-refractivity contribution < 1.29 is 17.9 Å². The molecule has 0 unspecified atom stereocenters. The fraction of sp³-hybridized carbons (Fsp3) is 0.381. The Balaban J connectivity index is 1.71. The molecular formula is C21H26N2O4S. The average Bonchev–Trinajstić information content (AvgIpc) is 2.72. The Hall–Kier alpha value is -2.54. The summed E-state index contributed by atoms with van der Waals surface area (Å²) < 4.78 is 31.1. The SMILES string of the molecule is CC[C@H](NC(=O)c1ccc(N2CCCCS2(=O)=O)cc1)c1ccc(OC)cc1. The number of methoxy groups -OCH3 is 1. The van der Waals surface area contributed by atoms with E-state index in [2.05, 4.69) is 5.32 Å². The Bertz CT molecular complexity index is 908. The van der Waals surface area contributed by atoms with Gasteiger partial charge in [-0.2, -0.15) is 0 Å². The summed E-state index contributed by atoms with van der Waals surface area (Å²) in [4.78, 5) is 12.7. The summed E-state index contributed by atoms with van der Waals surface area (Å²) in [6, 6.07) is 14.3. The van der Waals surface area contributed by atoms with Crippen molar-refractivity contribution in [1.29, 1.82) is 0 Å². The van der Waals surface area contributed by atoms with Crippen molar-refractivity contribution in [2.24, 2.45) is 0 Å². The van der Waals surface area contributed by atoms with Gasteiger partial charge in [0.1, 0.15) is 5.75 Å². The second kappa shape index (κ2) is 8.65. The van der Waals surface area contributed by atoms with Crippen LogP contribution in [0.3, 0.4) is 0 Å². The highest BCUT2D eigenvalue weighted by molar-refractivity contribution is 7.92. The third kappa shape index (κ3) is 4.47. The van der Waals surface area contributed by atoms with Crippen molar-refractivity contribution in [2.75, 3.05) is 23.7 Å². The molecule has 0 radical (unpaired) electrons. The van der Waals surface area contributed by atoms with Crippen LogP contribution in [0.2, 0.25) is 0 Å². The first-order valence-electron chi connectivity index (χ1n) is 9.50. The maximum absolute atomic E-state index is 12.7. The number of nitrogens with one attached hydrogen (secondary N) is 1. The number of carbonyl (C=O) groups excluding carboxylic acids is 1. The van der Waals surface area contributed by atoms with E-state index >= 15 is 0 Å². The summed E-state index contributed by atoms with van der Waals surface area (Å²) in [5, 5.41) is 3.04. The second-order valence-electron chi connectivity index (χ2n) is 6.85. The fourth-order valence-electron chi connectivity index (χ4n) is 3.36. The van der Waals surface area contributed by atoms with E-state index in [1.807, 2.05) is 31.2 Å². The molecule has 1 fully saturated rings. The fourth-order valence-corrected chi connectivity index (χ4v) is 5.00. The zero-order chi connectivity index (χ0) is 20.1. The molecule has 0 bridgehead atoms. The lowest BCUT2D eigenvalue weighted by molar-refractivity contribution is 0.0935. The Kier molecular flexibility index (Phi) is 6.24. The molecule has 3 rings (SSSR count). The minimum Gasteiger partial charge on any atom is -0.497 e. The van der Waals surface area contributed by atoms with E-state index in [-0.39, 0.29) is 17.7 Å². The molecule has 1 saturated heterocycles. The van der Waals surface area contributed by atoms with E-state index in [0.717, 1.165) is 24.2 Å². The van der Waals surface area contributed by atoms with Crippen molar-refractivity contribution in [3.05, 3.63) is 59.7 Å². The quantitative estimate of drug-likeness (QED) is 0.802. The van der Waals surface area contributed by atoms with Gasteiger partial charge in [0.25, 0.3) is 5.91 Å². The van der Waals surface area contributed by atoms with Gasteiger partial charge >= 0.3 is 0 Å². The molecule has 2 aromatic rings. The van der Waals surface area contributed by atoms with Crippen LogP contribution < -0.4 is 14.4 Å². The number of ether oxygens (including phenoxy) is 1. The predicted octanol–water partition coefficient (Wildman–Crippen LogP) is 3.51. The number of hydrogen-bond donors (Lipinski definition) is 1. The highest BCUT2D eigenvalue weighted by Crippen LogP contribution is 2.24. The molecule has 1 amide bonds. The van der Waals surface area contributed by atoms with Gasteiger partial charge in [-0.25, -0.2) is 8.42 Å². The lowest BCUT2D eigenvalue weighted by atomic mass is 10.0. The van der Waals surface area contributed by atoms with Gasteiger partial charge in [0.15, 0.2) is 0 Å². The van der Waals surface area contributed by atoms with Gasteiger partial charge in [0.2, 0.25) is 10.0 Å². The number of rotatable bonds is 6. The lowest BCUT2D eigenvalue weighted by Gasteiger charge is -2.28. The van der Waals surface area contributed by atoms with Crippen LogP contribution in [0.25, 0.3) is 0 Å². The molecule has 7 heteroatoms. The molecule has 28 heavy (non-hydrogen) atoms. The Labute approximate surface area is 166 Å². The molecule has 1 aliphatic rings. The number of anilines is 1. The number of carbonyl (C=O) groups is 1. The predicted molar refractivity (Wildman–Crippen MR) is 110 cm³/mol. The third-order valence-corrected chi connectivity index (χ3v) is 6.87. The highest BCUT2D eigenvalue weighted by Gasteiger charge is 2.26. The Morgan fingerprint density at radius 2 is 1.79 bits per heavy atom. The van der Waals surface area contributed by atoms with Crippen molar-refractivity contribution in [3.8, 4) is 5.75 Å². The molecule has 0 saturated carbocycles. The largest absolute Gasteiger partial charge is 0.497 e.